The van der Waals surface area contributed by atoms with Crippen LogP contribution in [0.5, 0.6) is 0 Å². The molecular formula is C17H23ClN2O4. The van der Waals surface area contributed by atoms with E-state index in [1.165, 1.54) is 0 Å². The summed E-state index contributed by atoms with van der Waals surface area (Å²) in [6.07, 6.45) is 2.39. The van der Waals surface area contributed by atoms with Gasteiger partial charge in [0.25, 0.3) is 11.7 Å². The summed E-state index contributed by atoms with van der Waals surface area (Å²) < 4.78 is 6.76. The smallest absolute Gasteiger partial charge is 0.341 e. The topological polar surface area (TPSA) is 77.4 Å². The van der Waals surface area contributed by atoms with Gasteiger partial charge in [0.2, 0.25) is 0 Å². The van der Waals surface area contributed by atoms with E-state index in [9.17, 15) is 14.4 Å². The van der Waals surface area contributed by atoms with E-state index < -0.39 is 23.2 Å². The summed E-state index contributed by atoms with van der Waals surface area (Å²) in [4.78, 5) is 37.1. The number of carbonyl (C=O) groups excluding carboxylic acids is 3. The summed E-state index contributed by atoms with van der Waals surface area (Å²) >= 11 is 6.34. The lowest BCUT2D eigenvalue weighted by molar-refractivity contribution is -0.118. The maximum absolute atomic E-state index is 12.6. The molecule has 24 heavy (non-hydrogen) atoms. The zero-order valence-electron chi connectivity index (χ0n) is 14.5. The Morgan fingerprint density at radius 3 is 2.50 bits per heavy atom. The van der Waals surface area contributed by atoms with Crippen LogP contribution in [0.3, 0.4) is 0 Å². The van der Waals surface area contributed by atoms with E-state index in [1.54, 1.807) is 32.3 Å². The number of amides is 1. The van der Waals surface area contributed by atoms with Crippen LogP contribution in [0, 0.1) is 0 Å². The van der Waals surface area contributed by atoms with Crippen LogP contribution in [-0.2, 0) is 22.5 Å². The molecule has 1 aromatic heterocycles. The summed E-state index contributed by atoms with van der Waals surface area (Å²) in [5.74, 6) is -2.01. The molecule has 1 N–H and O–H groups in total. The van der Waals surface area contributed by atoms with E-state index in [-0.39, 0.29) is 22.9 Å². The Morgan fingerprint density at radius 1 is 1.25 bits per heavy atom. The van der Waals surface area contributed by atoms with Gasteiger partial charge in [0.1, 0.15) is 5.69 Å². The molecule has 2 heterocycles. The van der Waals surface area contributed by atoms with Crippen molar-refractivity contribution in [2.45, 2.75) is 59.0 Å². The first kappa shape index (κ1) is 18.5. The van der Waals surface area contributed by atoms with Crippen molar-refractivity contribution in [2.75, 3.05) is 6.61 Å². The highest BCUT2D eigenvalue weighted by molar-refractivity contribution is 6.47. The molecular weight excluding hydrogens is 332 g/mol. The van der Waals surface area contributed by atoms with Gasteiger partial charge in [-0.05, 0) is 47.0 Å². The predicted molar refractivity (Wildman–Crippen MR) is 90.6 cm³/mol. The van der Waals surface area contributed by atoms with Gasteiger partial charge in [-0.15, -0.1) is 0 Å². The van der Waals surface area contributed by atoms with Gasteiger partial charge in [-0.1, -0.05) is 11.6 Å². The predicted octanol–water partition coefficient (Wildman–Crippen LogP) is 2.75. The number of ether oxygens (including phenoxy) is 1. The highest BCUT2D eigenvalue weighted by Crippen LogP contribution is 2.33. The van der Waals surface area contributed by atoms with E-state index in [0.29, 0.717) is 18.7 Å². The normalized spacial score (nSPS) is 14.0. The van der Waals surface area contributed by atoms with Crippen molar-refractivity contribution >= 4 is 29.3 Å². The fraction of sp³-hybridized carbons (Fsp3) is 0.588. The maximum Gasteiger partial charge on any atom is 0.341 e. The molecule has 0 unspecified atom stereocenters. The number of rotatable bonds is 4. The molecule has 1 aliphatic rings. The average Bonchev–Trinajstić information content (AvgIpc) is 2.77. The van der Waals surface area contributed by atoms with Crippen molar-refractivity contribution in [1.82, 2.24) is 9.88 Å². The van der Waals surface area contributed by atoms with Gasteiger partial charge >= 0.3 is 5.97 Å². The fourth-order valence-corrected chi connectivity index (χ4v) is 3.21. The van der Waals surface area contributed by atoms with Crippen LogP contribution in [0.4, 0.5) is 0 Å². The van der Waals surface area contributed by atoms with Gasteiger partial charge in [-0.3, -0.25) is 9.59 Å². The highest BCUT2D eigenvalue weighted by Gasteiger charge is 2.34. The zero-order chi connectivity index (χ0) is 18.1. The molecule has 0 saturated carbocycles. The number of nitrogens with one attached hydrogen (secondary N) is 1. The Morgan fingerprint density at radius 2 is 1.92 bits per heavy atom. The van der Waals surface area contributed by atoms with Gasteiger partial charge in [0.15, 0.2) is 0 Å². The van der Waals surface area contributed by atoms with Crippen LogP contribution in [0.2, 0.25) is 5.02 Å². The van der Waals surface area contributed by atoms with Crippen LogP contribution in [-0.4, -0.2) is 34.4 Å². The third-order valence-electron chi connectivity index (χ3n) is 3.75. The van der Waals surface area contributed by atoms with Gasteiger partial charge in [-0.2, -0.15) is 0 Å². The largest absolute Gasteiger partial charge is 0.462 e. The molecule has 0 saturated heterocycles. The Kier molecular flexibility index (Phi) is 5.38. The average molecular weight is 355 g/mol. The molecule has 1 amide bonds. The summed E-state index contributed by atoms with van der Waals surface area (Å²) in [6, 6.07) is 0. The van der Waals surface area contributed by atoms with Crippen molar-refractivity contribution in [2.24, 2.45) is 0 Å². The van der Waals surface area contributed by atoms with Crippen molar-refractivity contribution < 1.29 is 19.1 Å². The number of hydrogen-bond acceptors (Lipinski definition) is 4. The molecule has 132 valence electrons. The van der Waals surface area contributed by atoms with Crippen molar-refractivity contribution in [3.63, 3.8) is 0 Å². The summed E-state index contributed by atoms with van der Waals surface area (Å²) in [5.41, 5.74) is 0.429. The number of esters is 1. The maximum atomic E-state index is 12.6. The molecule has 0 aromatic carbocycles. The molecule has 0 radical (unpaired) electrons. The molecule has 0 bridgehead atoms. The molecule has 0 aliphatic carbocycles. The molecule has 1 aromatic rings. The van der Waals surface area contributed by atoms with Crippen LogP contribution in [0.1, 0.15) is 67.1 Å². The zero-order valence-corrected chi connectivity index (χ0v) is 15.2. The van der Waals surface area contributed by atoms with E-state index in [4.69, 9.17) is 16.3 Å². The SMILES string of the molecule is CCOC(=O)c1c(Cl)c(C(=O)C(=O)NC(C)(C)C)n2c1CCCC2. The van der Waals surface area contributed by atoms with E-state index in [1.807, 2.05) is 0 Å². The third-order valence-corrected chi connectivity index (χ3v) is 4.11. The lowest BCUT2D eigenvalue weighted by atomic mass is 10.1. The lowest BCUT2D eigenvalue weighted by Gasteiger charge is -2.21. The van der Waals surface area contributed by atoms with Crippen LogP contribution < -0.4 is 5.32 Å². The minimum Gasteiger partial charge on any atom is -0.462 e. The van der Waals surface area contributed by atoms with Crippen molar-refractivity contribution in [3.8, 4) is 0 Å². The van der Waals surface area contributed by atoms with E-state index >= 15 is 0 Å². The minimum atomic E-state index is -0.731. The van der Waals surface area contributed by atoms with Crippen LogP contribution in [0.25, 0.3) is 0 Å². The first-order valence-electron chi connectivity index (χ1n) is 8.12. The summed E-state index contributed by atoms with van der Waals surface area (Å²) in [5, 5.41) is 2.65. The van der Waals surface area contributed by atoms with E-state index in [0.717, 1.165) is 12.8 Å². The van der Waals surface area contributed by atoms with Crippen molar-refractivity contribution in [3.05, 3.63) is 22.0 Å². The number of halogens is 1. The number of carbonyl (C=O) groups is 3. The Labute approximate surface area is 146 Å². The van der Waals surface area contributed by atoms with E-state index in [2.05, 4.69) is 5.32 Å². The standard InChI is InChI=1S/C17H23ClN2O4/c1-5-24-16(23)11-10-8-6-7-9-20(10)13(12(11)18)14(21)15(22)19-17(2,3)4/h5-9H2,1-4H3,(H,19,22). The Bertz CT molecular complexity index is 686. The van der Waals surface area contributed by atoms with Crippen LogP contribution >= 0.6 is 11.6 Å². The highest BCUT2D eigenvalue weighted by atomic mass is 35.5. The third kappa shape index (κ3) is 3.64. The molecule has 1 aliphatic heterocycles. The first-order chi connectivity index (χ1) is 11.2. The molecule has 0 spiro atoms. The monoisotopic (exact) mass is 354 g/mol. The molecule has 6 nitrogen and oxygen atoms in total. The number of ketones is 1. The van der Waals surface area contributed by atoms with Crippen molar-refractivity contribution in [1.29, 1.82) is 0 Å². The number of fused-ring (bicyclic) bond motifs is 1. The minimum absolute atomic E-state index is 0.0133. The number of Topliss-reactive ketones (excluding diaryl/α,β-unsaturated/α-hetero) is 1. The molecule has 2 rings (SSSR count). The second-order valence-corrected chi connectivity index (χ2v) is 7.22. The van der Waals surface area contributed by atoms with Crippen LogP contribution in [0.15, 0.2) is 0 Å². The summed E-state index contributed by atoms with van der Waals surface area (Å²) in [6.45, 7) is 7.84. The number of hydrogen-bond donors (Lipinski definition) is 1. The summed E-state index contributed by atoms with van der Waals surface area (Å²) in [7, 11) is 0. The Balaban J connectivity index is 2.49. The lowest BCUT2D eigenvalue weighted by Crippen LogP contribution is -2.44. The first-order valence-corrected chi connectivity index (χ1v) is 8.50. The molecule has 0 fully saturated rings. The number of nitrogens with zero attached hydrogens (tertiary/aromatic N) is 1. The molecule has 0 atom stereocenters. The fourth-order valence-electron chi connectivity index (χ4n) is 2.84. The number of aromatic nitrogens is 1. The Hall–Kier alpha value is -1.82. The van der Waals surface area contributed by atoms with Gasteiger partial charge < -0.3 is 14.6 Å². The molecule has 7 heteroatoms. The van der Waals surface area contributed by atoms with Gasteiger partial charge in [0, 0.05) is 17.8 Å². The van der Waals surface area contributed by atoms with Gasteiger partial charge in [0.05, 0.1) is 17.2 Å². The van der Waals surface area contributed by atoms with Gasteiger partial charge in [-0.25, -0.2) is 4.79 Å². The second kappa shape index (κ2) is 6.97. The quantitative estimate of drug-likeness (QED) is 0.512. The second-order valence-electron chi connectivity index (χ2n) is 6.85.